The minimum absolute atomic E-state index is 0.654. The van der Waals surface area contributed by atoms with Crippen molar-refractivity contribution in [3.63, 3.8) is 0 Å². The Kier molecular flexibility index (Phi) is 5.89. The number of hydrogen-bond acceptors (Lipinski definition) is 3. The van der Waals surface area contributed by atoms with Crippen molar-refractivity contribution in [3.05, 3.63) is 170 Å². The molecule has 0 unspecified atom stereocenters. The van der Waals surface area contributed by atoms with E-state index in [0.29, 0.717) is 5.82 Å². The number of nitrogens with zero attached hydrogens (tertiary/aromatic N) is 4. The number of fused-ring (bicyclic) bond motifs is 10. The molecule has 5 nitrogen and oxygen atoms in total. The third-order valence-electron chi connectivity index (χ3n) is 10.1. The van der Waals surface area contributed by atoms with E-state index in [9.17, 15) is 0 Å². The number of hydrogen-bond donors (Lipinski definition) is 0. The molecule has 11 rings (SSSR count). The van der Waals surface area contributed by atoms with E-state index in [1.165, 1.54) is 32.6 Å². The van der Waals surface area contributed by atoms with E-state index in [1.54, 1.807) is 0 Å². The van der Waals surface area contributed by atoms with Gasteiger partial charge in [-0.1, -0.05) is 121 Å². The molecule has 0 fully saturated rings. The maximum atomic E-state index is 6.52. The normalized spacial score (nSPS) is 11.9. The zero-order valence-corrected chi connectivity index (χ0v) is 27.4. The van der Waals surface area contributed by atoms with E-state index in [-0.39, 0.29) is 0 Å². The number of rotatable bonds is 4. The van der Waals surface area contributed by atoms with Gasteiger partial charge in [-0.15, -0.1) is 0 Å². The summed E-state index contributed by atoms with van der Waals surface area (Å²) in [5.41, 5.74) is 10.00. The Morgan fingerprint density at radius 2 is 1.12 bits per heavy atom. The molecule has 0 amide bonds. The third-order valence-corrected chi connectivity index (χ3v) is 10.1. The molecule has 0 bridgehead atoms. The molecule has 0 radical (unpaired) electrons. The number of benzene rings is 7. The maximum Gasteiger partial charge on any atom is 0.162 e. The molecule has 0 aliphatic rings. The van der Waals surface area contributed by atoms with Crippen LogP contribution in [0.1, 0.15) is 0 Å². The highest BCUT2D eigenvalue weighted by Gasteiger charge is 2.23. The SMILES string of the molecule is c1ccc(-c2nc(-c3cccc4c3oc3ccccc34)cc(-n3c4ccccc4c4c3ccc3c5ccccc5n(-c5ccccc5)c34)n2)cc1. The summed E-state index contributed by atoms with van der Waals surface area (Å²) in [6.45, 7) is 0. The van der Waals surface area contributed by atoms with Crippen molar-refractivity contribution < 1.29 is 4.42 Å². The van der Waals surface area contributed by atoms with Crippen molar-refractivity contribution in [2.75, 3.05) is 0 Å². The van der Waals surface area contributed by atoms with Crippen molar-refractivity contribution in [1.29, 1.82) is 0 Å². The minimum atomic E-state index is 0.654. The van der Waals surface area contributed by atoms with Crippen molar-refractivity contribution in [1.82, 2.24) is 19.1 Å². The van der Waals surface area contributed by atoms with Crippen LogP contribution in [0.5, 0.6) is 0 Å². The van der Waals surface area contributed by atoms with Gasteiger partial charge in [0.25, 0.3) is 0 Å². The summed E-state index contributed by atoms with van der Waals surface area (Å²) in [5.74, 6) is 1.45. The Morgan fingerprint density at radius 3 is 1.94 bits per heavy atom. The van der Waals surface area contributed by atoms with Crippen LogP contribution in [0, 0.1) is 0 Å². The molecule has 0 spiro atoms. The van der Waals surface area contributed by atoms with Crippen LogP contribution >= 0.6 is 0 Å². The fourth-order valence-corrected chi connectivity index (χ4v) is 7.95. The lowest BCUT2D eigenvalue weighted by Crippen LogP contribution is -2.02. The fraction of sp³-hybridized carbons (Fsp3) is 0. The molecule has 0 N–H and O–H groups in total. The molecule has 11 aromatic rings. The molecule has 0 aliphatic carbocycles. The first-order valence-corrected chi connectivity index (χ1v) is 17.2. The monoisotopic (exact) mass is 652 g/mol. The van der Waals surface area contributed by atoms with Gasteiger partial charge in [0.2, 0.25) is 0 Å². The quantitative estimate of drug-likeness (QED) is 0.190. The van der Waals surface area contributed by atoms with E-state index < -0.39 is 0 Å². The van der Waals surface area contributed by atoms with Gasteiger partial charge in [0.05, 0.1) is 27.8 Å². The summed E-state index contributed by atoms with van der Waals surface area (Å²) in [5, 5.41) is 6.95. The van der Waals surface area contributed by atoms with Crippen LogP contribution in [0.15, 0.2) is 174 Å². The van der Waals surface area contributed by atoms with Gasteiger partial charge in [0, 0.05) is 55.2 Å². The molecule has 0 atom stereocenters. The predicted molar refractivity (Wildman–Crippen MR) is 209 cm³/mol. The summed E-state index contributed by atoms with van der Waals surface area (Å²) in [6.07, 6.45) is 0. The zero-order valence-electron chi connectivity index (χ0n) is 27.4. The van der Waals surface area contributed by atoms with Crippen LogP contribution in [0.3, 0.4) is 0 Å². The first kappa shape index (κ1) is 27.9. The Balaban J connectivity index is 1.26. The number of para-hydroxylation sites is 5. The summed E-state index contributed by atoms with van der Waals surface area (Å²) in [6, 6.07) is 59.4. The van der Waals surface area contributed by atoms with Crippen molar-refractivity contribution in [2.45, 2.75) is 0 Å². The summed E-state index contributed by atoms with van der Waals surface area (Å²) in [4.78, 5) is 10.5. The van der Waals surface area contributed by atoms with Gasteiger partial charge in [0.1, 0.15) is 17.0 Å². The van der Waals surface area contributed by atoms with Gasteiger partial charge in [-0.05, 0) is 42.5 Å². The van der Waals surface area contributed by atoms with E-state index in [4.69, 9.17) is 14.4 Å². The van der Waals surface area contributed by atoms with Crippen LogP contribution in [0.2, 0.25) is 0 Å². The minimum Gasteiger partial charge on any atom is -0.455 e. The van der Waals surface area contributed by atoms with Gasteiger partial charge in [-0.3, -0.25) is 4.57 Å². The zero-order chi connectivity index (χ0) is 33.5. The molecule has 0 saturated heterocycles. The summed E-state index contributed by atoms with van der Waals surface area (Å²) >= 11 is 0. The van der Waals surface area contributed by atoms with E-state index in [1.807, 2.05) is 30.3 Å². The van der Waals surface area contributed by atoms with Gasteiger partial charge < -0.3 is 8.98 Å². The van der Waals surface area contributed by atoms with Gasteiger partial charge >= 0.3 is 0 Å². The topological polar surface area (TPSA) is 48.8 Å². The molecule has 4 heterocycles. The summed E-state index contributed by atoms with van der Waals surface area (Å²) in [7, 11) is 0. The average Bonchev–Trinajstić information content (AvgIpc) is 3.86. The lowest BCUT2D eigenvalue weighted by molar-refractivity contribution is 0.670. The van der Waals surface area contributed by atoms with Crippen LogP contribution in [-0.4, -0.2) is 19.1 Å². The van der Waals surface area contributed by atoms with Crippen molar-refractivity contribution in [2.24, 2.45) is 0 Å². The first-order valence-electron chi connectivity index (χ1n) is 17.2. The lowest BCUT2D eigenvalue weighted by Gasteiger charge is -2.12. The number of furan rings is 1. The van der Waals surface area contributed by atoms with Crippen molar-refractivity contribution >= 4 is 65.6 Å². The Morgan fingerprint density at radius 1 is 0.451 bits per heavy atom. The Hall–Kier alpha value is -6.98. The molecule has 5 heteroatoms. The molecule has 0 saturated carbocycles. The highest BCUT2D eigenvalue weighted by atomic mass is 16.3. The van der Waals surface area contributed by atoms with Crippen LogP contribution in [-0.2, 0) is 0 Å². The fourth-order valence-electron chi connectivity index (χ4n) is 7.95. The second kappa shape index (κ2) is 10.8. The third kappa shape index (κ3) is 4.09. The average molecular weight is 653 g/mol. The molecule has 0 aliphatic heterocycles. The first-order chi connectivity index (χ1) is 25.3. The van der Waals surface area contributed by atoms with Crippen molar-refractivity contribution in [3.8, 4) is 34.2 Å². The Labute approximate surface area is 292 Å². The van der Waals surface area contributed by atoms with Gasteiger partial charge in [0.15, 0.2) is 5.82 Å². The van der Waals surface area contributed by atoms with Gasteiger partial charge in [-0.25, -0.2) is 9.97 Å². The summed E-state index contributed by atoms with van der Waals surface area (Å²) < 4.78 is 11.2. The van der Waals surface area contributed by atoms with E-state index >= 15 is 0 Å². The molecular formula is C46H28N4O. The van der Waals surface area contributed by atoms with Gasteiger partial charge in [-0.2, -0.15) is 0 Å². The standard InChI is InChI=1S/C46H28N4O/c1-3-14-29(15-4-1)46-47-37(35-22-13-21-34-32-19-9-12-25-41(32)51-45(34)35)28-42(48-46)50-39-24-11-8-20-36(39)43-40(50)27-26-33-31-18-7-10-23-38(31)49(44(33)43)30-16-5-2-6-17-30/h1-28H. The van der Waals surface area contributed by atoms with Crippen LogP contribution in [0.25, 0.3) is 99.7 Å². The highest BCUT2D eigenvalue weighted by molar-refractivity contribution is 6.26. The predicted octanol–water partition coefficient (Wildman–Crippen LogP) is 11.9. The molecule has 51 heavy (non-hydrogen) atoms. The maximum absolute atomic E-state index is 6.52. The van der Waals surface area contributed by atoms with E-state index in [2.05, 4.69) is 149 Å². The largest absolute Gasteiger partial charge is 0.455 e. The smallest absolute Gasteiger partial charge is 0.162 e. The molecular weight excluding hydrogens is 625 g/mol. The molecule has 238 valence electrons. The number of aromatic nitrogens is 4. The highest BCUT2D eigenvalue weighted by Crippen LogP contribution is 2.43. The van der Waals surface area contributed by atoms with Crippen LogP contribution < -0.4 is 0 Å². The lowest BCUT2D eigenvalue weighted by atomic mass is 10.1. The van der Waals surface area contributed by atoms with E-state index in [0.717, 1.165) is 61.3 Å². The molecule has 7 aromatic carbocycles. The molecule has 4 aromatic heterocycles. The second-order valence-corrected chi connectivity index (χ2v) is 13.0. The Bertz CT molecular complexity index is 3130. The second-order valence-electron chi connectivity index (χ2n) is 13.0. The van der Waals surface area contributed by atoms with Crippen LogP contribution in [0.4, 0.5) is 0 Å².